The third kappa shape index (κ3) is 4.08. The van der Waals surface area contributed by atoms with Gasteiger partial charge in [-0.05, 0) is 47.5 Å². The molecule has 3 nitrogen and oxygen atoms in total. The third-order valence-electron chi connectivity index (χ3n) is 6.34. The Morgan fingerprint density at radius 2 is 1.26 bits per heavy atom. The SMILES string of the molecule is CC(C)(c1ccccc1)c1cccc(O)c1-c1cccc(-c2cccc(-c3ccccn3)c2)n1. The Bertz CT molecular complexity index is 1430. The number of nitrogens with zero attached hydrogens (tertiary/aromatic N) is 2. The fourth-order valence-electron chi connectivity index (χ4n) is 4.45. The Hall–Kier alpha value is -4.24. The first-order chi connectivity index (χ1) is 16.5. The number of hydrogen-bond acceptors (Lipinski definition) is 3. The van der Waals surface area contributed by atoms with Crippen molar-refractivity contribution in [3.05, 3.63) is 127 Å². The summed E-state index contributed by atoms with van der Waals surface area (Å²) < 4.78 is 0. The lowest BCUT2D eigenvalue weighted by atomic mass is 9.75. The molecule has 3 aromatic carbocycles. The molecule has 1 N–H and O–H groups in total. The van der Waals surface area contributed by atoms with E-state index >= 15 is 0 Å². The van der Waals surface area contributed by atoms with Crippen LogP contribution in [0.4, 0.5) is 0 Å². The molecule has 0 saturated heterocycles. The molecule has 0 bridgehead atoms. The van der Waals surface area contributed by atoms with Gasteiger partial charge in [0.05, 0.1) is 17.1 Å². The van der Waals surface area contributed by atoms with Gasteiger partial charge in [-0.1, -0.05) is 86.6 Å². The predicted molar refractivity (Wildman–Crippen MR) is 139 cm³/mol. The zero-order valence-electron chi connectivity index (χ0n) is 19.3. The second-order valence-electron chi connectivity index (χ2n) is 8.89. The van der Waals surface area contributed by atoms with Crippen molar-refractivity contribution in [3.63, 3.8) is 0 Å². The molecule has 0 unspecified atom stereocenters. The maximum atomic E-state index is 11.0. The standard InChI is InChI=1S/C31H26N2O/c1-31(2,24-13-4-3-5-14-24)25-15-9-19-29(34)30(25)28-18-10-17-27(33-28)23-12-8-11-22(21-23)26-16-6-7-20-32-26/h3-21,34H,1-2H3. The molecule has 5 rings (SSSR count). The van der Waals surface area contributed by atoms with Crippen molar-refractivity contribution in [3.8, 4) is 39.5 Å². The van der Waals surface area contributed by atoms with Crippen LogP contribution in [-0.2, 0) is 5.41 Å². The molecular weight excluding hydrogens is 416 g/mol. The molecule has 0 aliphatic rings. The van der Waals surface area contributed by atoms with E-state index in [9.17, 15) is 5.11 Å². The quantitative estimate of drug-likeness (QED) is 0.306. The molecule has 0 saturated carbocycles. The number of rotatable bonds is 5. The van der Waals surface area contributed by atoms with Crippen LogP contribution in [0.2, 0.25) is 0 Å². The number of aromatic hydroxyl groups is 1. The molecule has 34 heavy (non-hydrogen) atoms. The van der Waals surface area contributed by atoms with E-state index in [-0.39, 0.29) is 11.2 Å². The largest absolute Gasteiger partial charge is 0.507 e. The molecule has 5 aromatic rings. The fraction of sp³-hybridized carbons (Fsp3) is 0.0968. The molecule has 0 atom stereocenters. The molecule has 3 heteroatoms. The van der Waals surface area contributed by atoms with E-state index < -0.39 is 0 Å². The summed E-state index contributed by atoms with van der Waals surface area (Å²) in [5, 5.41) is 11.0. The van der Waals surface area contributed by atoms with Gasteiger partial charge in [-0.15, -0.1) is 0 Å². The van der Waals surface area contributed by atoms with E-state index in [2.05, 4.69) is 55.2 Å². The Balaban J connectivity index is 1.61. The number of pyridine rings is 2. The van der Waals surface area contributed by atoms with Crippen LogP contribution in [0.3, 0.4) is 0 Å². The van der Waals surface area contributed by atoms with Gasteiger partial charge in [-0.25, -0.2) is 4.98 Å². The van der Waals surface area contributed by atoms with Gasteiger partial charge in [-0.3, -0.25) is 4.98 Å². The zero-order chi connectivity index (χ0) is 23.5. The van der Waals surface area contributed by atoms with Crippen molar-refractivity contribution in [1.29, 1.82) is 0 Å². The van der Waals surface area contributed by atoms with Gasteiger partial charge >= 0.3 is 0 Å². The summed E-state index contributed by atoms with van der Waals surface area (Å²) in [4.78, 5) is 9.47. The van der Waals surface area contributed by atoms with Gasteiger partial charge in [0.25, 0.3) is 0 Å². The number of hydrogen-bond donors (Lipinski definition) is 1. The average Bonchev–Trinajstić information content (AvgIpc) is 2.90. The lowest BCUT2D eigenvalue weighted by Gasteiger charge is -2.29. The van der Waals surface area contributed by atoms with E-state index in [0.717, 1.165) is 39.3 Å². The Kier molecular flexibility index (Phi) is 5.69. The zero-order valence-corrected chi connectivity index (χ0v) is 19.3. The summed E-state index contributed by atoms with van der Waals surface area (Å²) in [6.07, 6.45) is 1.80. The van der Waals surface area contributed by atoms with Gasteiger partial charge in [-0.2, -0.15) is 0 Å². The van der Waals surface area contributed by atoms with Crippen LogP contribution in [0, 0.1) is 0 Å². The van der Waals surface area contributed by atoms with Gasteiger partial charge < -0.3 is 5.11 Å². The second kappa shape index (κ2) is 8.95. The number of phenols is 1. The van der Waals surface area contributed by atoms with Crippen LogP contribution in [0.5, 0.6) is 5.75 Å². The van der Waals surface area contributed by atoms with Gasteiger partial charge in [0.1, 0.15) is 5.75 Å². The minimum atomic E-state index is -0.314. The molecular formula is C31H26N2O. The van der Waals surface area contributed by atoms with Crippen molar-refractivity contribution in [2.75, 3.05) is 0 Å². The molecule has 0 fully saturated rings. The molecule has 166 valence electrons. The second-order valence-corrected chi connectivity index (χ2v) is 8.89. The summed E-state index contributed by atoms with van der Waals surface area (Å²) in [5.74, 6) is 0.230. The number of phenolic OH excluding ortho intramolecular Hbond substituents is 1. The first-order valence-corrected chi connectivity index (χ1v) is 11.4. The number of aromatic nitrogens is 2. The monoisotopic (exact) mass is 442 g/mol. The van der Waals surface area contributed by atoms with E-state index in [0.29, 0.717) is 0 Å². The fourth-order valence-corrected chi connectivity index (χ4v) is 4.45. The Morgan fingerprint density at radius 3 is 2.03 bits per heavy atom. The average molecular weight is 443 g/mol. The third-order valence-corrected chi connectivity index (χ3v) is 6.34. The molecule has 0 spiro atoms. The van der Waals surface area contributed by atoms with Crippen molar-refractivity contribution < 1.29 is 5.11 Å². The van der Waals surface area contributed by atoms with Crippen molar-refractivity contribution in [1.82, 2.24) is 9.97 Å². The first-order valence-electron chi connectivity index (χ1n) is 11.4. The Morgan fingerprint density at radius 1 is 0.618 bits per heavy atom. The van der Waals surface area contributed by atoms with Crippen LogP contribution < -0.4 is 0 Å². The highest BCUT2D eigenvalue weighted by Gasteiger charge is 2.28. The summed E-state index contributed by atoms with van der Waals surface area (Å²) in [5.41, 5.74) is 7.23. The van der Waals surface area contributed by atoms with Crippen LogP contribution in [0.1, 0.15) is 25.0 Å². The molecule has 2 heterocycles. The van der Waals surface area contributed by atoms with E-state index in [1.54, 1.807) is 12.3 Å². The first kappa shape index (κ1) is 21.6. The van der Waals surface area contributed by atoms with Crippen LogP contribution in [0.15, 0.2) is 115 Å². The molecule has 0 aliphatic heterocycles. The molecule has 0 radical (unpaired) electrons. The highest BCUT2D eigenvalue weighted by Crippen LogP contribution is 2.42. The van der Waals surface area contributed by atoms with E-state index in [1.807, 2.05) is 66.7 Å². The molecule has 0 aliphatic carbocycles. The lowest BCUT2D eigenvalue weighted by Crippen LogP contribution is -2.20. The van der Waals surface area contributed by atoms with E-state index in [1.165, 1.54) is 5.56 Å². The summed E-state index contributed by atoms with van der Waals surface area (Å²) >= 11 is 0. The van der Waals surface area contributed by atoms with Gasteiger partial charge in [0.2, 0.25) is 0 Å². The summed E-state index contributed by atoms with van der Waals surface area (Å²) in [6, 6.07) is 36.2. The van der Waals surface area contributed by atoms with Crippen molar-refractivity contribution in [2.24, 2.45) is 0 Å². The van der Waals surface area contributed by atoms with Crippen LogP contribution in [-0.4, -0.2) is 15.1 Å². The minimum absolute atomic E-state index is 0.230. The lowest BCUT2D eigenvalue weighted by molar-refractivity contribution is 0.474. The summed E-state index contributed by atoms with van der Waals surface area (Å²) in [7, 11) is 0. The maximum absolute atomic E-state index is 11.0. The topological polar surface area (TPSA) is 46.0 Å². The van der Waals surface area contributed by atoms with Crippen molar-refractivity contribution in [2.45, 2.75) is 19.3 Å². The summed E-state index contributed by atoms with van der Waals surface area (Å²) in [6.45, 7) is 4.36. The number of benzene rings is 3. The van der Waals surface area contributed by atoms with Gasteiger partial charge in [0, 0.05) is 28.3 Å². The van der Waals surface area contributed by atoms with Gasteiger partial charge in [0.15, 0.2) is 0 Å². The molecule has 2 aromatic heterocycles. The Labute approximate surface area is 200 Å². The molecule has 0 amide bonds. The van der Waals surface area contributed by atoms with Crippen LogP contribution >= 0.6 is 0 Å². The maximum Gasteiger partial charge on any atom is 0.125 e. The highest BCUT2D eigenvalue weighted by molar-refractivity contribution is 5.76. The van der Waals surface area contributed by atoms with Crippen molar-refractivity contribution >= 4 is 0 Å². The minimum Gasteiger partial charge on any atom is -0.507 e. The smallest absolute Gasteiger partial charge is 0.125 e. The normalized spacial score (nSPS) is 11.4. The highest BCUT2D eigenvalue weighted by atomic mass is 16.3. The predicted octanol–water partition coefficient (Wildman–Crippen LogP) is 7.51. The van der Waals surface area contributed by atoms with Crippen LogP contribution in [0.25, 0.3) is 33.8 Å². The van der Waals surface area contributed by atoms with E-state index in [4.69, 9.17) is 4.98 Å².